The van der Waals surface area contributed by atoms with E-state index in [2.05, 4.69) is 27.7 Å². The molecule has 302 valence electrons. The van der Waals surface area contributed by atoms with Crippen molar-refractivity contribution in [1.29, 1.82) is 0 Å². The molecule has 2 rings (SSSR count). The molecule has 2 aromatic rings. The van der Waals surface area contributed by atoms with Crippen LogP contribution < -0.4 is 0 Å². The van der Waals surface area contributed by atoms with Crippen LogP contribution in [0.3, 0.4) is 0 Å². The van der Waals surface area contributed by atoms with Gasteiger partial charge in [0.1, 0.15) is 0 Å². The van der Waals surface area contributed by atoms with Crippen molar-refractivity contribution in [3.05, 3.63) is 59.7 Å². The van der Waals surface area contributed by atoms with Crippen LogP contribution in [0.1, 0.15) is 203 Å². The lowest BCUT2D eigenvalue weighted by Gasteiger charge is -2.40. The minimum atomic E-state index is -0.946. The summed E-state index contributed by atoms with van der Waals surface area (Å²) in [4.78, 5) is 23.3. The third-order valence-corrected chi connectivity index (χ3v) is 12.8. The summed E-state index contributed by atoms with van der Waals surface area (Å²) in [5.74, 6) is -1.89. The van der Waals surface area contributed by atoms with Crippen LogP contribution in [-0.4, -0.2) is 52.8 Å². The minimum Gasteiger partial charge on any atom is -0.478 e. The molecule has 0 aliphatic heterocycles. The number of aromatic carboxylic acids is 2. The summed E-state index contributed by atoms with van der Waals surface area (Å²) in [6, 6.07) is 13.2. The first-order valence-corrected chi connectivity index (χ1v) is 23.8. The highest BCUT2D eigenvalue weighted by Gasteiger charge is 2.25. The van der Waals surface area contributed by atoms with E-state index in [1.165, 1.54) is 206 Å². The predicted molar refractivity (Wildman–Crippen MR) is 232 cm³/mol. The average molecular weight is 773 g/mol. The zero-order valence-electron chi connectivity index (χ0n) is 34.4. The zero-order valence-corrected chi connectivity index (χ0v) is 36.0. The second-order valence-corrected chi connectivity index (χ2v) is 17.4. The highest BCUT2D eigenvalue weighted by Crippen LogP contribution is 2.37. The van der Waals surface area contributed by atoms with Gasteiger partial charge in [-0.2, -0.15) is 0 Å². The number of hydrogen-bond acceptors (Lipinski definition) is 4. The maximum Gasteiger partial charge on any atom is 0.335 e. The standard InChI is InChI=1S/C32H68N.C14H10O4S2/c1-5-9-13-17-21-25-29-33(30-26-22-18-14-10-6-2,31-27-23-19-15-11-7-3)32-28-24-20-16-12-8-4;15-13(16)9-1-5-11(6-2-9)19-20-12-7-3-10(4-8-12)14(17)18/h5-32H2,1-4H3;1-8H,(H,15,16)(H,17,18)/q+1;. The van der Waals surface area contributed by atoms with E-state index in [0.717, 1.165) is 9.79 Å². The summed E-state index contributed by atoms with van der Waals surface area (Å²) < 4.78 is 1.48. The number of carbonyl (C=O) groups is 2. The number of benzene rings is 2. The fourth-order valence-electron chi connectivity index (χ4n) is 6.98. The number of hydrogen-bond donors (Lipinski definition) is 2. The first-order valence-electron chi connectivity index (χ1n) is 21.7. The molecule has 0 amide bonds. The molecule has 0 heterocycles. The number of carboxylic acids is 2. The Labute approximate surface area is 333 Å². The summed E-state index contributed by atoms with van der Waals surface area (Å²) in [7, 11) is 2.97. The van der Waals surface area contributed by atoms with Gasteiger partial charge in [-0.05, 0) is 99.9 Å². The molecule has 5 nitrogen and oxygen atoms in total. The molecule has 0 atom stereocenters. The molecule has 0 saturated heterocycles. The minimum absolute atomic E-state index is 0.255. The van der Waals surface area contributed by atoms with E-state index in [1.807, 2.05) is 0 Å². The van der Waals surface area contributed by atoms with E-state index < -0.39 is 11.9 Å². The highest BCUT2D eigenvalue weighted by atomic mass is 33.1. The van der Waals surface area contributed by atoms with Crippen molar-refractivity contribution in [1.82, 2.24) is 0 Å². The van der Waals surface area contributed by atoms with Gasteiger partial charge >= 0.3 is 11.9 Å². The first-order chi connectivity index (χ1) is 25.8. The Kier molecular flexibility index (Phi) is 30.9. The smallest absolute Gasteiger partial charge is 0.335 e. The van der Waals surface area contributed by atoms with Gasteiger partial charge in [-0.1, -0.05) is 152 Å². The summed E-state index contributed by atoms with van der Waals surface area (Å²) in [6.45, 7) is 15.3. The summed E-state index contributed by atoms with van der Waals surface area (Å²) in [5.41, 5.74) is 0.510. The fourth-order valence-corrected chi connectivity index (χ4v) is 8.91. The normalized spacial score (nSPS) is 11.3. The Morgan fingerprint density at radius 1 is 0.396 bits per heavy atom. The lowest BCUT2D eigenvalue weighted by Crippen LogP contribution is -2.50. The number of rotatable bonds is 33. The maximum atomic E-state index is 10.7. The van der Waals surface area contributed by atoms with Crippen molar-refractivity contribution in [2.45, 2.75) is 192 Å². The Bertz CT molecular complexity index is 1030. The Morgan fingerprint density at radius 2 is 0.623 bits per heavy atom. The molecule has 0 spiro atoms. The molecule has 0 aromatic heterocycles. The summed E-state index contributed by atoms with van der Waals surface area (Å²) in [5, 5.41) is 17.6. The van der Waals surface area contributed by atoms with Crippen molar-refractivity contribution in [3.8, 4) is 0 Å². The zero-order chi connectivity index (χ0) is 38.8. The molecular formula is C46H78NO4S2+. The molecule has 2 N–H and O–H groups in total. The van der Waals surface area contributed by atoms with Crippen molar-refractivity contribution in [2.24, 2.45) is 0 Å². The fraction of sp³-hybridized carbons (Fsp3) is 0.696. The molecule has 2 aromatic carbocycles. The largest absolute Gasteiger partial charge is 0.478 e. The predicted octanol–water partition coefficient (Wildman–Crippen LogP) is 15.1. The van der Waals surface area contributed by atoms with Gasteiger partial charge in [-0.15, -0.1) is 0 Å². The topological polar surface area (TPSA) is 74.6 Å². The monoisotopic (exact) mass is 773 g/mol. The maximum absolute atomic E-state index is 10.7. The molecule has 53 heavy (non-hydrogen) atoms. The van der Waals surface area contributed by atoms with E-state index >= 15 is 0 Å². The van der Waals surface area contributed by atoms with E-state index in [-0.39, 0.29) is 11.1 Å². The molecule has 0 bridgehead atoms. The van der Waals surface area contributed by atoms with E-state index in [9.17, 15) is 9.59 Å². The molecule has 7 heteroatoms. The Hall–Kier alpha value is -1.96. The van der Waals surface area contributed by atoms with Gasteiger partial charge in [0.15, 0.2) is 0 Å². The van der Waals surface area contributed by atoms with Crippen LogP contribution in [0.5, 0.6) is 0 Å². The van der Waals surface area contributed by atoms with Gasteiger partial charge in [0.05, 0.1) is 37.3 Å². The molecule has 0 fully saturated rings. The van der Waals surface area contributed by atoms with Crippen LogP contribution in [0.25, 0.3) is 0 Å². The highest BCUT2D eigenvalue weighted by molar-refractivity contribution is 8.76. The van der Waals surface area contributed by atoms with Crippen LogP contribution >= 0.6 is 21.6 Å². The quantitative estimate of drug-likeness (QED) is 0.0427. The van der Waals surface area contributed by atoms with Crippen LogP contribution in [0.15, 0.2) is 58.3 Å². The number of quaternary nitrogens is 1. The molecular weight excluding hydrogens is 695 g/mol. The van der Waals surface area contributed by atoms with Crippen molar-refractivity contribution in [3.63, 3.8) is 0 Å². The lowest BCUT2D eigenvalue weighted by atomic mass is 10.0. The van der Waals surface area contributed by atoms with Gasteiger partial charge in [0.25, 0.3) is 0 Å². The van der Waals surface area contributed by atoms with Crippen molar-refractivity contribution < 1.29 is 24.3 Å². The summed E-state index contributed by atoms with van der Waals surface area (Å²) >= 11 is 0. The first kappa shape index (κ1) is 49.1. The number of carboxylic acid groups (broad SMARTS) is 2. The lowest BCUT2D eigenvalue weighted by molar-refractivity contribution is -0.929. The van der Waals surface area contributed by atoms with Crippen LogP contribution in [0.2, 0.25) is 0 Å². The van der Waals surface area contributed by atoms with Crippen LogP contribution in [0.4, 0.5) is 0 Å². The molecule has 0 unspecified atom stereocenters. The molecule has 0 saturated carbocycles. The van der Waals surface area contributed by atoms with Gasteiger partial charge in [-0.25, -0.2) is 9.59 Å². The van der Waals surface area contributed by atoms with Gasteiger partial charge in [0.2, 0.25) is 0 Å². The number of unbranched alkanes of at least 4 members (excludes halogenated alkanes) is 20. The van der Waals surface area contributed by atoms with Crippen LogP contribution in [-0.2, 0) is 0 Å². The second-order valence-electron chi connectivity index (χ2n) is 15.1. The number of nitrogens with zero attached hydrogens (tertiary/aromatic N) is 1. The van der Waals surface area contributed by atoms with E-state index in [4.69, 9.17) is 10.2 Å². The van der Waals surface area contributed by atoms with Gasteiger partial charge < -0.3 is 14.7 Å². The molecule has 0 aliphatic rings. The summed E-state index contributed by atoms with van der Waals surface area (Å²) in [6.07, 6.45) is 34.8. The van der Waals surface area contributed by atoms with Crippen molar-refractivity contribution >= 4 is 33.5 Å². The Balaban J connectivity index is 0.000000593. The molecule has 0 radical (unpaired) electrons. The third kappa shape index (κ3) is 25.7. The molecule has 0 aliphatic carbocycles. The SMILES string of the molecule is CCCCCCCC[N+](CCCCCCCC)(CCCCCCCC)CCCCCCCC.O=C(O)c1ccc(SSc2ccc(C(=O)O)cc2)cc1. The third-order valence-electron chi connectivity index (χ3n) is 10.4. The second kappa shape index (κ2) is 33.4. The van der Waals surface area contributed by atoms with E-state index in [1.54, 1.807) is 48.5 Å². The van der Waals surface area contributed by atoms with Crippen molar-refractivity contribution in [2.75, 3.05) is 26.2 Å². The average Bonchev–Trinajstić information content (AvgIpc) is 3.17. The van der Waals surface area contributed by atoms with Gasteiger partial charge in [0, 0.05) is 9.79 Å². The van der Waals surface area contributed by atoms with E-state index in [0.29, 0.717) is 0 Å². The Morgan fingerprint density at radius 3 is 0.849 bits per heavy atom. The van der Waals surface area contributed by atoms with Gasteiger partial charge in [-0.3, -0.25) is 0 Å². The van der Waals surface area contributed by atoms with Crippen LogP contribution in [0, 0.1) is 0 Å².